The van der Waals surface area contributed by atoms with Crippen LogP contribution in [-0.2, 0) is 16.6 Å². The van der Waals surface area contributed by atoms with Gasteiger partial charge in [-0.25, -0.2) is 4.79 Å². The molecule has 1 N–H and O–H groups in total. The number of carbonyl (C=O) groups is 1. The summed E-state index contributed by atoms with van der Waals surface area (Å²) in [4.78, 5) is 10.7. The summed E-state index contributed by atoms with van der Waals surface area (Å²) in [7, 11) is -0.885. The fourth-order valence-electron chi connectivity index (χ4n) is 1.28. The molecule has 0 radical (unpaired) electrons. The SMILES string of the molecule is CCCS(=O)Cc1cccc(C(=O)O)c1. The molecule has 82 valence electrons. The van der Waals surface area contributed by atoms with Crippen molar-refractivity contribution in [1.29, 1.82) is 0 Å². The molecule has 3 nitrogen and oxygen atoms in total. The minimum absolute atomic E-state index is 0.251. The van der Waals surface area contributed by atoms with E-state index in [1.165, 1.54) is 6.07 Å². The van der Waals surface area contributed by atoms with Crippen LogP contribution in [0.2, 0.25) is 0 Å². The van der Waals surface area contributed by atoms with Gasteiger partial charge in [0.15, 0.2) is 0 Å². The van der Waals surface area contributed by atoms with Crippen LogP contribution in [0.4, 0.5) is 0 Å². The van der Waals surface area contributed by atoms with Gasteiger partial charge < -0.3 is 5.11 Å². The Labute approximate surface area is 91.6 Å². The van der Waals surface area contributed by atoms with Crippen molar-refractivity contribution in [3.63, 3.8) is 0 Å². The average molecular weight is 226 g/mol. The molecule has 0 bridgehead atoms. The van der Waals surface area contributed by atoms with E-state index in [4.69, 9.17) is 5.11 Å². The van der Waals surface area contributed by atoms with Gasteiger partial charge in [-0.1, -0.05) is 19.1 Å². The van der Waals surface area contributed by atoms with E-state index in [1.54, 1.807) is 18.2 Å². The van der Waals surface area contributed by atoms with Crippen LogP contribution in [0.1, 0.15) is 29.3 Å². The Morgan fingerprint density at radius 2 is 2.20 bits per heavy atom. The maximum absolute atomic E-state index is 11.5. The Kier molecular flexibility index (Phi) is 4.49. The third-order valence-electron chi connectivity index (χ3n) is 1.93. The van der Waals surface area contributed by atoms with E-state index in [-0.39, 0.29) is 5.56 Å². The van der Waals surface area contributed by atoms with Crippen LogP contribution in [0, 0.1) is 0 Å². The van der Waals surface area contributed by atoms with E-state index < -0.39 is 16.8 Å². The molecule has 0 aliphatic heterocycles. The first-order valence-corrected chi connectivity index (χ1v) is 6.29. The molecule has 0 aliphatic rings. The van der Waals surface area contributed by atoms with Crippen molar-refractivity contribution in [2.75, 3.05) is 5.75 Å². The molecular weight excluding hydrogens is 212 g/mol. The van der Waals surface area contributed by atoms with E-state index >= 15 is 0 Å². The van der Waals surface area contributed by atoms with Gasteiger partial charge in [0.2, 0.25) is 0 Å². The summed E-state index contributed by atoms with van der Waals surface area (Å²) in [5.74, 6) is 0.157. The number of benzene rings is 1. The molecule has 15 heavy (non-hydrogen) atoms. The first kappa shape index (κ1) is 11.9. The lowest BCUT2D eigenvalue weighted by molar-refractivity contribution is 0.0697. The fourth-order valence-corrected chi connectivity index (χ4v) is 2.43. The van der Waals surface area contributed by atoms with Crippen molar-refractivity contribution < 1.29 is 14.1 Å². The van der Waals surface area contributed by atoms with Gasteiger partial charge in [-0.15, -0.1) is 0 Å². The van der Waals surface area contributed by atoms with Crippen LogP contribution >= 0.6 is 0 Å². The maximum Gasteiger partial charge on any atom is 0.335 e. The molecule has 0 heterocycles. The summed E-state index contributed by atoms with van der Waals surface area (Å²) in [5.41, 5.74) is 1.07. The van der Waals surface area contributed by atoms with E-state index in [0.717, 1.165) is 12.0 Å². The van der Waals surface area contributed by atoms with Crippen LogP contribution in [0.15, 0.2) is 24.3 Å². The largest absolute Gasteiger partial charge is 0.478 e. The Balaban J connectivity index is 2.73. The van der Waals surface area contributed by atoms with E-state index in [2.05, 4.69) is 0 Å². The van der Waals surface area contributed by atoms with Gasteiger partial charge in [0, 0.05) is 22.3 Å². The standard InChI is InChI=1S/C11H14O3S/c1-2-6-15(14)8-9-4-3-5-10(7-9)11(12)13/h3-5,7H,2,6,8H2,1H3,(H,12,13). The summed E-state index contributed by atoms with van der Waals surface area (Å²) < 4.78 is 11.5. The van der Waals surface area contributed by atoms with Crippen molar-refractivity contribution in [1.82, 2.24) is 0 Å². The molecule has 1 aromatic carbocycles. The van der Waals surface area contributed by atoms with Crippen LogP contribution in [-0.4, -0.2) is 21.0 Å². The smallest absolute Gasteiger partial charge is 0.335 e. The summed E-state index contributed by atoms with van der Waals surface area (Å²) in [6, 6.07) is 6.60. The first-order valence-electron chi connectivity index (χ1n) is 4.80. The van der Waals surface area contributed by atoms with Crippen molar-refractivity contribution >= 4 is 16.8 Å². The Hall–Kier alpha value is -1.16. The third-order valence-corrected chi connectivity index (χ3v) is 3.45. The number of aromatic carboxylic acids is 1. The molecule has 1 unspecified atom stereocenters. The zero-order valence-corrected chi connectivity index (χ0v) is 9.42. The lowest BCUT2D eigenvalue weighted by Gasteiger charge is -2.02. The average Bonchev–Trinajstić information content (AvgIpc) is 2.18. The normalized spacial score (nSPS) is 12.3. The fraction of sp³-hybridized carbons (Fsp3) is 0.364. The Bertz CT molecular complexity index is 374. The molecule has 0 spiro atoms. The quantitative estimate of drug-likeness (QED) is 0.836. The van der Waals surface area contributed by atoms with Gasteiger partial charge in [0.1, 0.15) is 0 Å². The van der Waals surface area contributed by atoms with Crippen molar-refractivity contribution in [2.24, 2.45) is 0 Å². The zero-order chi connectivity index (χ0) is 11.3. The topological polar surface area (TPSA) is 54.4 Å². The summed E-state index contributed by atoms with van der Waals surface area (Å²) in [6.07, 6.45) is 0.880. The minimum Gasteiger partial charge on any atom is -0.478 e. The van der Waals surface area contributed by atoms with Crippen LogP contribution in [0.3, 0.4) is 0 Å². The summed E-state index contributed by atoms with van der Waals surface area (Å²) in [6.45, 7) is 1.98. The van der Waals surface area contributed by atoms with Gasteiger partial charge in [-0.3, -0.25) is 4.21 Å². The number of hydrogen-bond acceptors (Lipinski definition) is 2. The summed E-state index contributed by atoms with van der Waals surface area (Å²) in [5, 5.41) is 8.77. The van der Waals surface area contributed by atoms with E-state index in [9.17, 15) is 9.00 Å². The molecule has 0 saturated heterocycles. The molecule has 4 heteroatoms. The van der Waals surface area contributed by atoms with Gasteiger partial charge in [0.25, 0.3) is 0 Å². The monoisotopic (exact) mass is 226 g/mol. The van der Waals surface area contributed by atoms with Crippen molar-refractivity contribution in [3.8, 4) is 0 Å². The predicted molar refractivity (Wildman–Crippen MR) is 60.4 cm³/mol. The highest BCUT2D eigenvalue weighted by Crippen LogP contribution is 2.08. The van der Waals surface area contributed by atoms with Gasteiger partial charge >= 0.3 is 5.97 Å². The van der Waals surface area contributed by atoms with Gasteiger partial charge in [-0.05, 0) is 24.1 Å². The highest BCUT2D eigenvalue weighted by Gasteiger charge is 2.05. The second-order valence-electron chi connectivity index (χ2n) is 3.29. The number of hydrogen-bond donors (Lipinski definition) is 1. The summed E-state index contributed by atoms with van der Waals surface area (Å²) >= 11 is 0. The maximum atomic E-state index is 11.5. The minimum atomic E-state index is -0.946. The molecule has 1 rings (SSSR count). The van der Waals surface area contributed by atoms with Crippen molar-refractivity contribution in [3.05, 3.63) is 35.4 Å². The predicted octanol–water partition coefficient (Wildman–Crippen LogP) is 2.04. The third kappa shape index (κ3) is 3.83. The van der Waals surface area contributed by atoms with Crippen LogP contribution < -0.4 is 0 Å². The molecule has 0 fully saturated rings. The number of carboxylic acid groups (broad SMARTS) is 1. The Morgan fingerprint density at radius 1 is 1.47 bits per heavy atom. The number of carboxylic acids is 1. The molecule has 0 saturated carbocycles. The zero-order valence-electron chi connectivity index (χ0n) is 8.60. The van der Waals surface area contributed by atoms with Crippen LogP contribution in [0.25, 0.3) is 0 Å². The molecular formula is C11H14O3S. The van der Waals surface area contributed by atoms with E-state index in [0.29, 0.717) is 11.5 Å². The van der Waals surface area contributed by atoms with Gasteiger partial charge in [0.05, 0.1) is 5.56 Å². The van der Waals surface area contributed by atoms with Gasteiger partial charge in [-0.2, -0.15) is 0 Å². The highest BCUT2D eigenvalue weighted by atomic mass is 32.2. The molecule has 0 amide bonds. The first-order chi connectivity index (χ1) is 7.13. The lowest BCUT2D eigenvalue weighted by Crippen LogP contribution is -2.02. The van der Waals surface area contributed by atoms with E-state index in [1.807, 2.05) is 6.92 Å². The lowest BCUT2D eigenvalue weighted by atomic mass is 10.1. The Morgan fingerprint density at radius 3 is 2.80 bits per heavy atom. The second-order valence-corrected chi connectivity index (χ2v) is 4.87. The number of rotatable bonds is 5. The molecule has 0 aromatic heterocycles. The second kappa shape index (κ2) is 5.66. The molecule has 1 atom stereocenters. The highest BCUT2D eigenvalue weighted by molar-refractivity contribution is 7.84. The molecule has 1 aromatic rings. The van der Waals surface area contributed by atoms with Crippen molar-refractivity contribution in [2.45, 2.75) is 19.1 Å². The van der Waals surface area contributed by atoms with Crippen LogP contribution in [0.5, 0.6) is 0 Å². The molecule has 0 aliphatic carbocycles.